The first-order chi connectivity index (χ1) is 8.95. The molecule has 1 radical (unpaired) electrons. The number of rotatable bonds is 4. The molecule has 0 amide bonds. The van der Waals surface area contributed by atoms with Crippen LogP contribution in [0.1, 0.15) is 26.4 Å². The Labute approximate surface area is 121 Å². The first-order valence-corrected chi connectivity index (χ1v) is 7.43. The summed E-state index contributed by atoms with van der Waals surface area (Å²) < 4.78 is 0. The topological polar surface area (TPSA) is 0 Å². The average Bonchev–Trinajstić information content (AvgIpc) is 2.69. The van der Waals surface area contributed by atoms with Crippen molar-refractivity contribution < 1.29 is 0 Å². The van der Waals surface area contributed by atoms with E-state index in [2.05, 4.69) is 65.8 Å². The van der Waals surface area contributed by atoms with Crippen LogP contribution in [0.3, 0.4) is 0 Å². The van der Waals surface area contributed by atoms with Gasteiger partial charge in [-0.15, -0.1) is 23.4 Å². The largest absolute Gasteiger partial charge is 0.186 e. The van der Waals surface area contributed by atoms with Gasteiger partial charge < -0.3 is 0 Å². The first kappa shape index (κ1) is 14.1. The minimum absolute atomic E-state index is 0.950. The van der Waals surface area contributed by atoms with E-state index in [1.54, 1.807) is 0 Å². The van der Waals surface area contributed by atoms with Gasteiger partial charge in [0.05, 0.1) is 0 Å². The monoisotopic (exact) mass is 267 g/mol. The number of aryl methyl sites for hydroxylation is 4. The lowest BCUT2D eigenvalue weighted by Crippen LogP contribution is -2.23. The van der Waals surface area contributed by atoms with Gasteiger partial charge in [-0.1, -0.05) is 34.3 Å². The molecule has 0 aliphatic heterocycles. The zero-order chi connectivity index (χ0) is 14.0. The van der Waals surface area contributed by atoms with Crippen molar-refractivity contribution in [2.24, 2.45) is 0 Å². The van der Waals surface area contributed by atoms with Gasteiger partial charge in [-0.3, -0.25) is 0 Å². The second-order valence-corrected chi connectivity index (χ2v) is 6.68. The molecular formula is C17H20BS. The van der Waals surface area contributed by atoms with Crippen LogP contribution >= 0.6 is 11.3 Å². The Bertz CT molecular complexity index is 584. The van der Waals surface area contributed by atoms with Crippen molar-refractivity contribution in [2.45, 2.75) is 34.1 Å². The Morgan fingerprint density at radius 1 is 1.11 bits per heavy atom. The lowest BCUT2D eigenvalue weighted by molar-refractivity contribution is 1.30. The lowest BCUT2D eigenvalue weighted by Gasteiger charge is -2.12. The maximum atomic E-state index is 4.21. The summed E-state index contributed by atoms with van der Waals surface area (Å²) in [5.74, 6) is 0. The van der Waals surface area contributed by atoms with Crippen LogP contribution in [0, 0.1) is 27.7 Å². The molecular weight excluding hydrogens is 247 g/mol. The fraction of sp³-hybridized carbons (Fsp3) is 0.294. The summed E-state index contributed by atoms with van der Waals surface area (Å²) in [7, 11) is 2.24. The van der Waals surface area contributed by atoms with E-state index in [0.29, 0.717) is 0 Å². The summed E-state index contributed by atoms with van der Waals surface area (Å²) in [6.07, 6.45) is 0.950. The molecule has 0 N–H and O–H groups in total. The van der Waals surface area contributed by atoms with E-state index in [9.17, 15) is 0 Å². The van der Waals surface area contributed by atoms with E-state index in [4.69, 9.17) is 0 Å². The molecule has 0 fully saturated rings. The second-order valence-electron chi connectivity index (χ2n) is 5.30. The van der Waals surface area contributed by atoms with Crippen molar-refractivity contribution in [3.8, 4) is 0 Å². The summed E-state index contributed by atoms with van der Waals surface area (Å²) in [6.45, 7) is 12.9. The molecule has 19 heavy (non-hydrogen) atoms. The third kappa shape index (κ3) is 3.60. The van der Waals surface area contributed by atoms with Crippen molar-refractivity contribution in [1.82, 2.24) is 0 Å². The number of thiophene rings is 1. The summed E-state index contributed by atoms with van der Waals surface area (Å²) >= 11 is 1.86. The Kier molecular flexibility index (Phi) is 4.31. The molecule has 0 saturated carbocycles. The van der Waals surface area contributed by atoms with Crippen LogP contribution < -0.4 is 5.46 Å². The third-order valence-electron chi connectivity index (χ3n) is 3.28. The average molecular weight is 267 g/mol. The normalized spacial score (nSPS) is 10.5. The van der Waals surface area contributed by atoms with E-state index < -0.39 is 0 Å². The maximum Gasteiger partial charge on any atom is 0.186 e. The van der Waals surface area contributed by atoms with Crippen molar-refractivity contribution in [3.63, 3.8) is 0 Å². The van der Waals surface area contributed by atoms with Crippen LogP contribution in [-0.4, -0.2) is 7.28 Å². The Morgan fingerprint density at radius 2 is 1.74 bits per heavy atom. The fourth-order valence-corrected chi connectivity index (χ4v) is 3.42. The van der Waals surface area contributed by atoms with Gasteiger partial charge >= 0.3 is 0 Å². The summed E-state index contributed by atoms with van der Waals surface area (Å²) in [5.41, 5.74) is 6.49. The van der Waals surface area contributed by atoms with E-state index in [1.165, 1.54) is 37.4 Å². The summed E-state index contributed by atoms with van der Waals surface area (Å²) in [4.78, 5) is 2.76. The molecule has 97 valence electrons. The molecule has 0 aliphatic rings. The third-order valence-corrected chi connectivity index (χ3v) is 4.28. The van der Waals surface area contributed by atoms with Crippen molar-refractivity contribution in [3.05, 3.63) is 62.8 Å². The Balaban J connectivity index is 2.11. The second kappa shape index (κ2) is 5.79. The molecule has 1 heterocycles. The predicted octanol–water partition coefficient (Wildman–Crippen LogP) is 4.07. The van der Waals surface area contributed by atoms with Gasteiger partial charge in [0.15, 0.2) is 7.28 Å². The highest BCUT2D eigenvalue weighted by Crippen LogP contribution is 2.18. The molecule has 0 unspecified atom stereocenters. The van der Waals surface area contributed by atoms with Crippen LogP contribution in [0.4, 0.5) is 0 Å². The standard InChI is InChI=1S/C17H20BS/c1-11-8-12(2)17(13(3)9-11)18-14(4)10-16-7-6-15(5)19-16/h6-9H,4,10H2,1-3,5H3. The summed E-state index contributed by atoms with van der Waals surface area (Å²) in [6, 6.07) is 8.85. The highest BCUT2D eigenvalue weighted by atomic mass is 32.1. The predicted molar refractivity (Wildman–Crippen MR) is 87.9 cm³/mol. The fourth-order valence-electron chi connectivity index (χ4n) is 2.48. The summed E-state index contributed by atoms with van der Waals surface area (Å²) in [5, 5.41) is 0. The molecule has 0 atom stereocenters. The van der Waals surface area contributed by atoms with Crippen molar-refractivity contribution in [1.29, 1.82) is 0 Å². The Morgan fingerprint density at radius 3 is 2.26 bits per heavy atom. The van der Waals surface area contributed by atoms with Crippen LogP contribution in [-0.2, 0) is 6.42 Å². The molecule has 2 aromatic rings. The van der Waals surface area contributed by atoms with Gasteiger partial charge in [0.25, 0.3) is 0 Å². The molecule has 1 aromatic heterocycles. The van der Waals surface area contributed by atoms with Crippen LogP contribution in [0.15, 0.2) is 36.3 Å². The van der Waals surface area contributed by atoms with Gasteiger partial charge in [0.1, 0.15) is 0 Å². The van der Waals surface area contributed by atoms with E-state index in [1.807, 2.05) is 11.3 Å². The van der Waals surface area contributed by atoms with E-state index >= 15 is 0 Å². The number of benzene rings is 1. The van der Waals surface area contributed by atoms with Crippen LogP contribution in [0.5, 0.6) is 0 Å². The van der Waals surface area contributed by atoms with Crippen molar-refractivity contribution >= 4 is 24.1 Å². The zero-order valence-corrected chi connectivity index (χ0v) is 13.0. The SMILES string of the molecule is C=C([B]c1c(C)cc(C)cc1C)Cc1ccc(C)s1. The van der Waals surface area contributed by atoms with E-state index in [0.717, 1.165) is 6.42 Å². The zero-order valence-electron chi connectivity index (χ0n) is 12.2. The minimum Gasteiger partial charge on any atom is -0.145 e. The maximum absolute atomic E-state index is 4.21. The molecule has 0 saturated heterocycles. The molecule has 1 aromatic carbocycles. The minimum atomic E-state index is 0.950. The highest BCUT2D eigenvalue weighted by molar-refractivity contribution is 7.11. The van der Waals surface area contributed by atoms with E-state index in [-0.39, 0.29) is 0 Å². The van der Waals surface area contributed by atoms with Crippen LogP contribution in [0.25, 0.3) is 0 Å². The quantitative estimate of drug-likeness (QED) is 0.732. The van der Waals surface area contributed by atoms with Gasteiger partial charge in [-0.2, -0.15) is 0 Å². The van der Waals surface area contributed by atoms with Crippen LogP contribution in [0.2, 0.25) is 0 Å². The molecule has 0 aliphatic carbocycles. The lowest BCUT2D eigenvalue weighted by atomic mass is 9.60. The number of hydrogen-bond donors (Lipinski definition) is 0. The number of hydrogen-bond acceptors (Lipinski definition) is 1. The molecule has 0 bridgehead atoms. The molecule has 2 rings (SSSR count). The molecule has 0 nitrogen and oxygen atoms in total. The highest BCUT2D eigenvalue weighted by Gasteiger charge is 2.08. The van der Waals surface area contributed by atoms with Gasteiger partial charge in [0, 0.05) is 9.75 Å². The van der Waals surface area contributed by atoms with Crippen molar-refractivity contribution in [2.75, 3.05) is 0 Å². The number of allylic oxidation sites excluding steroid dienone is 1. The Hall–Kier alpha value is -1.28. The molecule has 0 spiro atoms. The smallest absolute Gasteiger partial charge is 0.145 e. The van der Waals surface area contributed by atoms with Gasteiger partial charge in [-0.25, -0.2) is 0 Å². The van der Waals surface area contributed by atoms with Gasteiger partial charge in [-0.05, 0) is 46.2 Å². The molecule has 2 heteroatoms. The first-order valence-electron chi connectivity index (χ1n) is 6.61. The van der Waals surface area contributed by atoms with Gasteiger partial charge in [0.2, 0.25) is 0 Å².